The molecule has 4 aromatic rings. The summed E-state index contributed by atoms with van der Waals surface area (Å²) in [6.07, 6.45) is 0. The molecule has 2 heterocycles. The summed E-state index contributed by atoms with van der Waals surface area (Å²) in [6, 6.07) is 11.4. The number of para-hydroxylation sites is 1. The fourth-order valence-corrected chi connectivity index (χ4v) is 4.63. The maximum atomic E-state index is 13.8. The van der Waals surface area contributed by atoms with Crippen LogP contribution in [0.1, 0.15) is 20.2 Å². The van der Waals surface area contributed by atoms with Crippen LogP contribution in [0.15, 0.2) is 47.8 Å². The van der Waals surface area contributed by atoms with E-state index in [1.807, 2.05) is 18.2 Å². The molecule has 0 atom stereocenters. The van der Waals surface area contributed by atoms with Gasteiger partial charge in [-0.3, -0.25) is 4.79 Å². The Balaban J connectivity index is 1.69. The lowest BCUT2D eigenvalue weighted by Gasteiger charge is -2.05. The van der Waals surface area contributed by atoms with Crippen LogP contribution in [0.25, 0.3) is 20.7 Å². The minimum atomic E-state index is -1.23. The van der Waals surface area contributed by atoms with Crippen LogP contribution in [0.4, 0.5) is 10.1 Å². The highest BCUT2D eigenvalue weighted by Gasteiger charge is 2.23. The zero-order chi connectivity index (χ0) is 19.8. The van der Waals surface area contributed by atoms with E-state index in [0.29, 0.717) is 16.0 Å². The molecule has 4 rings (SSSR count). The van der Waals surface area contributed by atoms with Gasteiger partial charge in [0.15, 0.2) is 5.01 Å². The summed E-state index contributed by atoms with van der Waals surface area (Å²) in [4.78, 5) is 29.0. The molecule has 0 bridgehead atoms. The molecule has 9 heteroatoms. The number of anilines is 1. The zero-order valence-corrected chi connectivity index (χ0v) is 16.3. The van der Waals surface area contributed by atoms with E-state index in [9.17, 15) is 19.1 Å². The Morgan fingerprint density at radius 3 is 2.68 bits per heavy atom. The molecule has 1 amide bonds. The van der Waals surface area contributed by atoms with Crippen LogP contribution < -0.4 is 5.32 Å². The van der Waals surface area contributed by atoms with Crippen LogP contribution >= 0.6 is 34.3 Å². The molecule has 2 aromatic heterocycles. The Morgan fingerprint density at radius 1 is 1.18 bits per heavy atom. The number of fused-ring (bicyclic) bond motifs is 1. The SMILES string of the molecule is O=C(Nc1csc(-c2ccc(Cl)c(F)c2)c1C(=O)O)c1nc2ccccc2s1. The van der Waals surface area contributed by atoms with Crippen molar-refractivity contribution >= 4 is 62.1 Å². The van der Waals surface area contributed by atoms with E-state index in [0.717, 1.165) is 16.0 Å². The van der Waals surface area contributed by atoms with E-state index in [-0.39, 0.29) is 21.3 Å². The first-order chi connectivity index (χ1) is 13.4. The third kappa shape index (κ3) is 3.37. The Kier molecular flexibility index (Phi) is 4.84. The molecule has 0 radical (unpaired) electrons. The minimum Gasteiger partial charge on any atom is -0.478 e. The van der Waals surface area contributed by atoms with Crippen LogP contribution in [0, 0.1) is 5.82 Å². The van der Waals surface area contributed by atoms with Crippen molar-refractivity contribution in [2.24, 2.45) is 0 Å². The topological polar surface area (TPSA) is 79.3 Å². The number of hydrogen-bond acceptors (Lipinski definition) is 5. The number of carbonyl (C=O) groups excluding carboxylic acids is 1. The van der Waals surface area contributed by atoms with E-state index in [4.69, 9.17) is 11.6 Å². The summed E-state index contributed by atoms with van der Waals surface area (Å²) >= 11 is 8.00. The third-order valence-corrected chi connectivity index (χ3v) is 6.29. The predicted molar refractivity (Wildman–Crippen MR) is 109 cm³/mol. The summed E-state index contributed by atoms with van der Waals surface area (Å²) in [6.45, 7) is 0. The quantitative estimate of drug-likeness (QED) is 0.429. The van der Waals surface area contributed by atoms with E-state index in [2.05, 4.69) is 10.3 Å². The lowest BCUT2D eigenvalue weighted by atomic mass is 10.1. The van der Waals surface area contributed by atoms with Crippen molar-refractivity contribution in [3.8, 4) is 10.4 Å². The van der Waals surface area contributed by atoms with Gasteiger partial charge in [0.2, 0.25) is 0 Å². The number of thiophene rings is 1. The summed E-state index contributed by atoms with van der Waals surface area (Å²) in [5.74, 6) is -2.38. The van der Waals surface area contributed by atoms with Crippen molar-refractivity contribution in [1.82, 2.24) is 4.98 Å². The van der Waals surface area contributed by atoms with Gasteiger partial charge in [-0.1, -0.05) is 29.8 Å². The second-order valence-corrected chi connectivity index (χ2v) is 8.05. The molecule has 0 saturated heterocycles. The molecular weight excluding hydrogens is 423 g/mol. The number of carboxylic acids is 1. The van der Waals surface area contributed by atoms with Crippen LogP contribution in [0.2, 0.25) is 5.02 Å². The van der Waals surface area contributed by atoms with Gasteiger partial charge in [-0.2, -0.15) is 0 Å². The summed E-state index contributed by atoms with van der Waals surface area (Å²) in [5.41, 5.74) is 1.08. The first-order valence-corrected chi connectivity index (χ1v) is 9.98. The number of aromatic carboxylic acids is 1. The molecule has 2 aromatic carbocycles. The highest BCUT2D eigenvalue weighted by atomic mass is 35.5. The van der Waals surface area contributed by atoms with Crippen LogP contribution in [0.5, 0.6) is 0 Å². The highest BCUT2D eigenvalue weighted by Crippen LogP contribution is 2.37. The molecule has 140 valence electrons. The Labute approximate surface area is 171 Å². The number of halogens is 2. The maximum absolute atomic E-state index is 13.8. The number of nitrogens with zero attached hydrogens (tertiary/aromatic N) is 1. The number of thiazole rings is 1. The second kappa shape index (κ2) is 7.31. The predicted octanol–water partition coefficient (Wildman–Crippen LogP) is 5.77. The largest absolute Gasteiger partial charge is 0.478 e. The van der Waals surface area contributed by atoms with Gasteiger partial charge in [-0.15, -0.1) is 22.7 Å². The number of amides is 1. The van der Waals surface area contributed by atoms with Crippen molar-refractivity contribution in [2.75, 3.05) is 5.32 Å². The van der Waals surface area contributed by atoms with Gasteiger partial charge in [0.05, 0.1) is 25.8 Å². The number of benzene rings is 2. The fourth-order valence-electron chi connectivity index (χ4n) is 2.66. The Hall–Kier alpha value is -2.81. The summed E-state index contributed by atoms with van der Waals surface area (Å²) in [7, 11) is 0. The zero-order valence-electron chi connectivity index (χ0n) is 13.9. The number of nitrogens with one attached hydrogen (secondary N) is 1. The average molecular weight is 433 g/mol. The molecule has 0 aliphatic rings. The highest BCUT2D eigenvalue weighted by molar-refractivity contribution is 7.20. The fraction of sp³-hybridized carbons (Fsp3) is 0. The minimum absolute atomic E-state index is 0.0541. The monoisotopic (exact) mass is 432 g/mol. The second-order valence-electron chi connectivity index (χ2n) is 5.73. The number of carboxylic acid groups (broad SMARTS) is 1. The van der Waals surface area contributed by atoms with E-state index in [1.165, 1.54) is 34.9 Å². The normalized spacial score (nSPS) is 10.9. The van der Waals surface area contributed by atoms with Gasteiger partial charge in [0.1, 0.15) is 11.4 Å². The van der Waals surface area contributed by atoms with Gasteiger partial charge >= 0.3 is 5.97 Å². The number of hydrogen-bond donors (Lipinski definition) is 2. The number of carbonyl (C=O) groups is 2. The Bertz CT molecular complexity index is 1200. The molecule has 0 aliphatic carbocycles. The van der Waals surface area contributed by atoms with E-state index < -0.39 is 17.7 Å². The van der Waals surface area contributed by atoms with Gasteiger partial charge in [-0.05, 0) is 29.8 Å². The molecule has 0 aliphatic heterocycles. The molecular formula is C19H10ClFN2O3S2. The standard InChI is InChI=1S/C19H10ClFN2O3S2/c20-10-6-5-9(7-11(10)21)16-15(19(25)26)13(8-27-16)22-17(24)18-23-12-3-1-2-4-14(12)28-18/h1-8H,(H,22,24)(H,25,26). The summed E-state index contributed by atoms with van der Waals surface area (Å²) < 4.78 is 14.6. The first kappa shape index (κ1) is 18.5. The molecule has 0 unspecified atom stereocenters. The van der Waals surface area contributed by atoms with E-state index in [1.54, 1.807) is 6.07 Å². The average Bonchev–Trinajstić information content (AvgIpc) is 3.28. The number of rotatable bonds is 4. The van der Waals surface area contributed by atoms with Crippen molar-refractivity contribution in [3.63, 3.8) is 0 Å². The molecule has 0 spiro atoms. The van der Waals surface area contributed by atoms with Crippen LogP contribution in [-0.2, 0) is 0 Å². The first-order valence-electron chi connectivity index (χ1n) is 7.91. The number of aromatic nitrogens is 1. The van der Waals surface area contributed by atoms with Gasteiger partial charge in [0, 0.05) is 5.38 Å². The lowest BCUT2D eigenvalue weighted by molar-refractivity contribution is 0.0699. The smallest absolute Gasteiger partial charge is 0.339 e. The molecule has 5 nitrogen and oxygen atoms in total. The van der Waals surface area contributed by atoms with Crippen molar-refractivity contribution in [2.45, 2.75) is 0 Å². The van der Waals surface area contributed by atoms with Crippen LogP contribution in [-0.4, -0.2) is 22.0 Å². The van der Waals surface area contributed by atoms with Crippen LogP contribution in [0.3, 0.4) is 0 Å². The molecule has 28 heavy (non-hydrogen) atoms. The van der Waals surface area contributed by atoms with Crippen molar-refractivity contribution in [3.05, 3.63) is 69.3 Å². The molecule has 0 saturated carbocycles. The van der Waals surface area contributed by atoms with Gasteiger partial charge in [0.25, 0.3) is 5.91 Å². The Morgan fingerprint density at radius 2 is 1.96 bits per heavy atom. The third-order valence-electron chi connectivity index (χ3n) is 3.92. The summed E-state index contributed by atoms with van der Waals surface area (Å²) in [5, 5.41) is 13.9. The van der Waals surface area contributed by atoms with Gasteiger partial charge < -0.3 is 10.4 Å². The maximum Gasteiger partial charge on any atom is 0.339 e. The lowest BCUT2D eigenvalue weighted by Crippen LogP contribution is -2.13. The van der Waals surface area contributed by atoms with Crippen molar-refractivity contribution in [1.29, 1.82) is 0 Å². The van der Waals surface area contributed by atoms with Crippen molar-refractivity contribution < 1.29 is 19.1 Å². The van der Waals surface area contributed by atoms with E-state index >= 15 is 0 Å². The molecule has 0 fully saturated rings. The van der Waals surface area contributed by atoms with Gasteiger partial charge in [-0.25, -0.2) is 14.2 Å². The molecule has 2 N–H and O–H groups in total.